The Morgan fingerprint density at radius 2 is 1.03 bits per heavy atom. The molecule has 0 atom stereocenters. The predicted molar refractivity (Wildman–Crippen MR) is 137 cm³/mol. The third kappa shape index (κ3) is 3.17. The van der Waals surface area contributed by atoms with Gasteiger partial charge in [-0.1, -0.05) is 97.1 Å². The molecule has 0 aliphatic carbocycles. The van der Waals surface area contributed by atoms with Crippen molar-refractivity contribution >= 4 is 49.3 Å². The summed E-state index contributed by atoms with van der Waals surface area (Å²) in [6.45, 7) is 0.674. The molecule has 0 heterocycles. The van der Waals surface area contributed by atoms with E-state index < -0.39 is 0 Å². The van der Waals surface area contributed by atoms with Gasteiger partial charge in [-0.2, -0.15) is 5.10 Å². The van der Waals surface area contributed by atoms with Crippen LogP contribution in [0.2, 0.25) is 0 Å². The lowest BCUT2D eigenvalue weighted by Gasteiger charge is -2.11. The van der Waals surface area contributed by atoms with E-state index >= 15 is 0 Å². The Morgan fingerprint density at radius 3 is 1.72 bits per heavy atom. The highest BCUT2D eigenvalue weighted by Crippen LogP contribution is 2.29. The van der Waals surface area contributed by atoms with Gasteiger partial charge in [0, 0.05) is 5.56 Å². The van der Waals surface area contributed by atoms with Crippen LogP contribution in [-0.4, -0.2) is 6.21 Å². The molecule has 0 aromatic heterocycles. The van der Waals surface area contributed by atoms with E-state index in [4.69, 9.17) is 0 Å². The molecule has 0 aliphatic rings. The van der Waals surface area contributed by atoms with Crippen LogP contribution in [0, 0.1) is 0 Å². The van der Waals surface area contributed by atoms with Gasteiger partial charge in [-0.3, -0.25) is 0 Å². The van der Waals surface area contributed by atoms with Crippen molar-refractivity contribution in [3.05, 3.63) is 120 Å². The predicted octanol–water partition coefficient (Wildman–Crippen LogP) is 7.42. The summed E-state index contributed by atoms with van der Waals surface area (Å²) in [6.07, 6.45) is 1.94. The van der Waals surface area contributed by atoms with Gasteiger partial charge in [-0.25, -0.2) is 0 Å². The van der Waals surface area contributed by atoms with E-state index in [2.05, 4.69) is 120 Å². The molecule has 0 saturated heterocycles. The van der Waals surface area contributed by atoms with Gasteiger partial charge in [-0.05, 0) is 60.8 Å². The largest absolute Gasteiger partial charge is 0.306 e. The van der Waals surface area contributed by atoms with E-state index in [9.17, 15) is 0 Å². The molecule has 6 rings (SSSR count). The van der Waals surface area contributed by atoms with Crippen molar-refractivity contribution in [1.82, 2.24) is 5.43 Å². The standard InChI is InChI=1S/C30H22N2/c1-3-11-25-21(9-1)17-23(27-13-5-7-15-29(25)27)19-31-32-20-24-18-22-10-2-4-12-26(22)30-16-8-6-14-28(24)30/h1-19,32H,20H2. The van der Waals surface area contributed by atoms with Crippen molar-refractivity contribution < 1.29 is 0 Å². The molecule has 6 aromatic rings. The molecular formula is C30H22N2. The molecule has 0 spiro atoms. The first kappa shape index (κ1) is 18.6. The molecule has 152 valence electrons. The normalized spacial score (nSPS) is 11.8. The number of nitrogens with one attached hydrogen (secondary N) is 1. The lowest BCUT2D eigenvalue weighted by atomic mass is 9.97. The van der Waals surface area contributed by atoms with E-state index in [1.165, 1.54) is 48.7 Å². The van der Waals surface area contributed by atoms with Crippen LogP contribution in [0.15, 0.2) is 114 Å². The van der Waals surface area contributed by atoms with E-state index in [1.54, 1.807) is 0 Å². The average Bonchev–Trinajstić information content (AvgIpc) is 2.86. The third-order valence-corrected chi connectivity index (χ3v) is 6.22. The van der Waals surface area contributed by atoms with Gasteiger partial charge in [0.25, 0.3) is 0 Å². The molecular weight excluding hydrogens is 388 g/mol. The van der Waals surface area contributed by atoms with Crippen molar-refractivity contribution in [3.8, 4) is 0 Å². The number of nitrogens with zero attached hydrogens (tertiary/aromatic N) is 1. The molecule has 1 N–H and O–H groups in total. The monoisotopic (exact) mass is 410 g/mol. The van der Waals surface area contributed by atoms with Crippen molar-refractivity contribution in [2.75, 3.05) is 0 Å². The minimum Gasteiger partial charge on any atom is -0.306 e. The van der Waals surface area contributed by atoms with Crippen LogP contribution in [0.3, 0.4) is 0 Å². The Hall–Kier alpha value is -4.17. The molecule has 0 saturated carbocycles. The minimum absolute atomic E-state index is 0.674. The summed E-state index contributed by atoms with van der Waals surface area (Å²) in [5, 5.41) is 14.7. The van der Waals surface area contributed by atoms with Gasteiger partial charge in [0.05, 0.1) is 12.8 Å². The summed E-state index contributed by atoms with van der Waals surface area (Å²) in [6, 6.07) is 38.7. The number of hydrogen-bond acceptors (Lipinski definition) is 2. The second kappa shape index (κ2) is 7.82. The SMILES string of the molecule is C(=NNCc1cc2ccccc2c2ccccc12)c1cc2ccccc2c2ccccc12. The van der Waals surface area contributed by atoms with Crippen LogP contribution in [0.4, 0.5) is 0 Å². The molecule has 32 heavy (non-hydrogen) atoms. The summed E-state index contributed by atoms with van der Waals surface area (Å²) >= 11 is 0. The zero-order chi connectivity index (χ0) is 21.3. The van der Waals surface area contributed by atoms with Gasteiger partial charge in [0.2, 0.25) is 0 Å². The fourth-order valence-electron chi connectivity index (χ4n) is 4.71. The summed E-state index contributed by atoms with van der Waals surface area (Å²) in [5.41, 5.74) is 5.66. The quantitative estimate of drug-likeness (QED) is 0.182. The molecule has 0 aliphatic heterocycles. The molecule has 0 amide bonds. The fraction of sp³-hybridized carbons (Fsp3) is 0.0333. The van der Waals surface area contributed by atoms with Gasteiger partial charge < -0.3 is 5.43 Å². The lowest BCUT2D eigenvalue weighted by molar-refractivity contribution is 0.753. The van der Waals surface area contributed by atoms with Crippen molar-refractivity contribution in [1.29, 1.82) is 0 Å². The van der Waals surface area contributed by atoms with Crippen LogP contribution >= 0.6 is 0 Å². The van der Waals surface area contributed by atoms with Gasteiger partial charge in [0.15, 0.2) is 0 Å². The molecule has 2 heteroatoms. The highest BCUT2D eigenvalue weighted by Gasteiger charge is 2.06. The zero-order valence-electron chi connectivity index (χ0n) is 17.6. The fourth-order valence-corrected chi connectivity index (χ4v) is 4.71. The van der Waals surface area contributed by atoms with Crippen molar-refractivity contribution in [3.63, 3.8) is 0 Å². The first-order valence-electron chi connectivity index (χ1n) is 10.9. The smallest absolute Gasteiger partial charge is 0.0586 e. The lowest BCUT2D eigenvalue weighted by Crippen LogP contribution is -2.06. The van der Waals surface area contributed by atoms with Crippen LogP contribution in [0.5, 0.6) is 0 Å². The van der Waals surface area contributed by atoms with Crippen LogP contribution in [0.25, 0.3) is 43.1 Å². The molecule has 2 nitrogen and oxygen atoms in total. The summed E-state index contributed by atoms with van der Waals surface area (Å²) in [5.74, 6) is 0. The highest BCUT2D eigenvalue weighted by molar-refractivity contribution is 6.14. The Kier molecular flexibility index (Phi) is 4.54. The summed E-state index contributed by atoms with van der Waals surface area (Å²) in [4.78, 5) is 0. The zero-order valence-corrected chi connectivity index (χ0v) is 17.6. The van der Waals surface area contributed by atoms with E-state index in [-0.39, 0.29) is 0 Å². The van der Waals surface area contributed by atoms with Gasteiger partial charge in [-0.15, -0.1) is 0 Å². The Balaban J connectivity index is 1.35. The van der Waals surface area contributed by atoms with Gasteiger partial charge in [0.1, 0.15) is 0 Å². The average molecular weight is 411 g/mol. The molecule has 6 aromatic carbocycles. The Bertz CT molecular complexity index is 1630. The first-order valence-corrected chi connectivity index (χ1v) is 10.9. The van der Waals surface area contributed by atoms with Crippen LogP contribution in [-0.2, 0) is 6.54 Å². The molecule has 0 radical (unpaired) electrons. The summed E-state index contributed by atoms with van der Waals surface area (Å²) in [7, 11) is 0. The van der Waals surface area contributed by atoms with E-state index in [0.29, 0.717) is 6.54 Å². The maximum atomic E-state index is 4.61. The minimum atomic E-state index is 0.674. The molecule has 0 unspecified atom stereocenters. The Morgan fingerprint density at radius 1 is 0.531 bits per heavy atom. The second-order valence-corrected chi connectivity index (χ2v) is 8.13. The van der Waals surface area contributed by atoms with Crippen LogP contribution < -0.4 is 5.43 Å². The second-order valence-electron chi connectivity index (χ2n) is 8.13. The maximum Gasteiger partial charge on any atom is 0.0586 e. The van der Waals surface area contributed by atoms with Crippen molar-refractivity contribution in [2.24, 2.45) is 5.10 Å². The number of hydrazone groups is 1. The topological polar surface area (TPSA) is 24.4 Å². The number of fused-ring (bicyclic) bond motifs is 6. The van der Waals surface area contributed by atoms with Gasteiger partial charge >= 0.3 is 0 Å². The third-order valence-electron chi connectivity index (χ3n) is 6.22. The van der Waals surface area contributed by atoms with Crippen LogP contribution in [0.1, 0.15) is 11.1 Å². The summed E-state index contributed by atoms with van der Waals surface area (Å²) < 4.78 is 0. The number of hydrogen-bond donors (Lipinski definition) is 1. The Labute approximate surface area is 186 Å². The highest BCUT2D eigenvalue weighted by atomic mass is 15.3. The number of benzene rings is 6. The maximum absolute atomic E-state index is 4.61. The van der Waals surface area contributed by atoms with E-state index in [0.717, 1.165) is 5.56 Å². The van der Waals surface area contributed by atoms with Crippen molar-refractivity contribution in [2.45, 2.75) is 6.54 Å². The molecule has 0 fully saturated rings. The number of rotatable bonds is 4. The first-order chi connectivity index (χ1) is 15.9. The molecule has 0 bridgehead atoms. The van der Waals surface area contributed by atoms with E-state index in [1.807, 2.05) is 6.21 Å².